The van der Waals surface area contributed by atoms with Crippen LogP contribution >= 0.6 is 11.6 Å². The number of fused-ring (bicyclic) bond motifs is 2. The molecule has 1 aliphatic heterocycles. The molecule has 150 valence electrons. The molecule has 4 aromatic rings. The molecule has 0 saturated heterocycles. The van der Waals surface area contributed by atoms with Crippen LogP contribution in [0.5, 0.6) is 11.5 Å². The van der Waals surface area contributed by atoms with Crippen LogP contribution in [0.3, 0.4) is 0 Å². The number of nitrogens with zero attached hydrogens (tertiary/aromatic N) is 2. The van der Waals surface area contributed by atoms with Crippen LogP contribution in [-0.4, -0.2) is 23.2 Å². The van der Waals surface area contributed by atoms with E-state index in [0.29, 0.717) is 31.5 Å². The van der Waals surface area contributed by atoms with Gasteiger partial charge in [-0.3, -0.25) is 0 Å². The van der Waals surface area contributed by atoms with Crippen molar-refractivity contribution in [3.63, 3.8) is 0 Å². The predicted octanol–water partition coefficient (Wildman–Crippen LogP) is 5.41. The summed E-state index contributed by atoms with van der Waals surface area (Å²) in [6.45, 7) is 1.66. The Hall–Kier alpha value is -3.51. The van der Waals surface area contributed by atoms with Crippen molar-refractivity contribution in [3.8, 4) is 11.5 Å². The fourth-order valence-corrected chi connectivity index (χ4v) is 3.54. The summed E-state index contributed by atoms with van der Waals surface area (Å²) >= 11 is 6.30. The molecule has 2 N–H and O–H groups in total. The van der Waals surface area contributed by atoms with Gasteiger partial charge >= 0.3 is 0 Å². The molecule has 0 radical (unpaired) electrons. The van der Waals surface area contributed by atoms with Gasteiger partial charge in [0.05, 0.1) is 5.52 Å². The van der Waals surface area contributed by atoms with Gasteiger partial charge in [-0.05, 0) is 35.9 Å². The van der Waals surface area contributed by atoms with Gasteiger partial charge in [0.1, 0.15) is 19.0 Å². The van der Waals surface area contributed by atoms with Crippen molar-refractivity contribution in [1.29, 1.82) is 0 Å². The average Bonchev–Trinajstić information content (AvgIpc) is 2.78. The molecule has 30 heavy (non-hydrogen) atoms. The van der Waals surface area contributed by atoms with Gasteiger partial charge < -0.3 is 20.1 Å². The molecule has 0 aliphatic carbocycles. The first-order valence-corrected chi connectivity index (χ1v) is 10.0. The van der Waals surface area contributed by atoms with Crippen molar-refractivity contribution >= 4 is 40.0 Å². The van der Waals surface area contributed by atoms with Crippen LogP contribution in [0, 0.1) is 0 Å². The topological polar surface area (TPSA) is 68.3 Å². The minimum atomic E-state index is 0.493. The zero-order chi connectivity index (χ0) is 20.3. The second-order valence-corrected chi connectivity index (χ2v) is 7.25. The third-order valence-electron chi connectivity index (χ3n) is 4.81. The first-order chi connectivity index (χ1) is 14.8. The van der Waals surface area contributed by atoms with Gasteiger partial charge in [0, 0.05) is 28.7 Å². The van der Waals surface area contributed by atoms with Gasteiger partial charge in [-0.2, -0.15) is 4.98 Å². The number of para-hydroxylation sites is 1. The van der Waals surface area contributed by atoms with Gasteiger partial charge in [-0.15, -0.1) is 0 Å². The summed E-state index contributed by atoms with van der Waals surface area (Å²) in [5, 5.41) is 8.34. The summed E-state index contributed by atoms with van der Waals surface area (Å²) in [7, 11) is 0. The highest BCUT2D eigenvalue weighted by molar-refractivity contribution is 6.31. The van der Waals surface area contributed by atoms with E-state index < -0.39 is 0 Å². The molecule has 0 bridgehead atoms. The van der Waals surface area contributed by atoms with E-state index in [9.17, 15) is 0 Å². The van der Waals surface area contributed by atoms with Crippen LogP contribution in [-0.2, 0) is 6.54 Å². The number of hydrogen-bond acceptors (Lipinski definition) is 6. The monoisotopic (exact) mass is 418 g/mol. The number of benzene rings is 3. The van der Waals surface area contributed by atoms with Crippen molar-refractivity contribution in [1.82, 2.24) is 9.97 Å². The maximum Gasteiger partial charge on any atom is 0.229 e. The summed E-state index contributed by atoms with van der Waals surface area (Å²) in [5.41, 5.74) is 2.67. The Balaban J connectivity index is 1.45. The van der Waals surface area contributed by atoms with Crippen molar-refractivity contribution in [2.45, 2.75) is 6.54 Å². The quantitative estimate of drug-likeness (QED) is 0.451. The van der Waals surface area contributed by atoms with E-state index in [-0.39, 0.29) is 0 Å². The van der Waals surface area contributed by atoms with Crippen LogP contribution in [0.2, 0.25) is 5.02 Å². The number of halogens is 1. The SMILES string of the molecule is Clc1ccccc1CNc1nc(Nc2ccc3c(c2)OCCO3)nc2ccccc12. The Labute approximate surface area is 178 Å². The smallest absolute Gasteiger partial charge is 0.229 e. The van der Waals surface area contributed by atoms with Crippen molar-refractivity contribution < 1.29 is 9.47 Å². The van der Waals surface area contributed by atoms with Gasteiger partial charge in [0.25, 0.3) is 0 Å². The molecule has 1 aromatic heterocycles. The van der Waals surface area contributed by atoms with E-state index >= 15 is 0 Å². The molecule has 2 heterocycles. The highest BCUT2D eigenvalue weighted by atomic mass is 35.5. The molecule has 0 amide bonds. The molecule has 0 atom stereocenters. The largest absolute Gasteiger partial charge is 0.486 e. The van der Waals surface area contributed by atoms with Gasteiger partial charge in [0.2, 0.25) is 5.95 Å². The second-order valence-electron chi connectivity index (χ2n) is 6.84. The summed E-state index contributed by atoms with van der Waals surface area (Å²) in [6, 6.07) is 21.4. The normalized spacial score (nSPS) is 12.6. The Morgan fingerprint density at radius 2 is 1.67 bits per heavy atom. The first-order valence-electron chi connectivity index (χ1n) is 9.67. The fourth-order valence-electron chi connectivity index (χ4n) is 3.34. The summed E-state index contributed by atoms with van der Waals surface area (Å²) in [5.74, 6) is 2.69. The van der Waals surface area contributed by atoms with Crippen LogP contribution in [0.1, 0.15) is 5.56 Å². The molecule has 0 spiro atoms. The number of ether oxygens (including phenoxy) is 2. The molecule has 0 unspecified atom stereocenters. The highest BCUT2D eigenvalue weighted by Gasteiger charge is 2.13. The van der Waals surface area contributed by atoms with E-state index in [1.54, 1.807) is 0 Å². The van der Waals surface area contributed by atoms with Crippen LogP contribution in [0.25, 0.3) is 10.9 Å². The zero-order valence-electron chi connectivity index (χ0n) is 16.1. The van der Waals surface area contributed by atoms with E-state index in [4.69, 9.17) is 26.1 Å². The Morgan fingerprint density at radius 3 is 2.57 bits per heavy atom. The molecule has 7 heteroatoms. The summed E-state index contributed by atoms with van der Waals surface area (Å²) < 4.78 is 11.2. The molecule has 3 aromatic carbocycles. The molecular formula is C23H19ClN4O2. The second kappa shape index (κ2) is 8.08. The van der Waals surface area contributed by atoms with Gasteiger partial charge in [0.15, 0.2) is 11.5 Å². The molecule has 0 saturated carbocycles. The summed E-state index contributed by atoms with van der Waals surface area (Å²) in [4.78, 5) is 9.36. The number of anilines is 3. The predicted molar refractivity (Wildman–Crippen MR) is 119 cm³/mol. The average molecular weight is 419 g/mol. The molecule has 6 nitrogen and oxygen atoms in total. The number of hydrogen-bond donors (Lipinski definition) is 2. The maximum atomic E-state index is 6.30. The van der Waals surface area contributed by atoms with Crippen LogP contribution in [0.4, 0.5) is 17.5 Å². The molecule has 5 rings (SSSR count). The first kappa shape index (κ1) is 18.5. The summed E-state index contributed by atoms with van der Waals surface area (Å²) in [6.07, 6.45) is 0. The van der Waals surface area contributed by atoms with Gasteiger partial charge in [-0.1, -0.05) is 41.9 Å². The lowest BCUT2D eigenvalue weighted by Gasteiger charge is -2.19. The lowest BCUT2D eigenvalue weighted by atomic mass is 10.2. The van der Waals surface area contributed by atoms with E-state index in [1.807, 2.05) is 66.7 Å². The van der Waals surface area contributed by atoms with Crippen molar-refractivity contribution in [2.75, 3.05) is 23.8 Å². The Kier molecular flexibility index (Phi) is 4.99. The Morgan fingerprint density at radius 1 is 0.867 bits per heavy atom. The minimum absolute atomic E-state index is 0.493. The van der Waals surface area contributed by atoms with Gasteiger partial charge in [-0.25, -0.2) is 4.98 Å². The number of nitrogens with one attached hydrogen (secondary N) is 2. The lowest BCUT2D eigenvalue weighted by molar-refractivity contribution is 0.171. The standard InChI is InChI=1S/C23H19ClN4O2/c24-18-7-3-1-5-15(18)14-25-22-17-6-2-4-8-19(17)27-23(28-22)26-16-9-10-20-21(13-16)30-12-11-29-20/h1-10,13H,11-12,14H2,(H2,25,26,27,28). The van der Waals surface area contributed by atoms with Crippen LogP contribution in [0.15, 0.2) is 66.7 Å². The van der Waals surface area contributed by atoms with E-state index in [1.165, 1.54) is 0 Å². The molecular weight excluding hydrogens is 400 g/mol. The number of rotatable bonds is 5. The third kappa shape index (κ3) is 3.82. The van der Waals surface area contributed by atoms with Crippen LogP contribution < -0.4 is 20.1 Å². The number of aromatic nitrogens is 2. The van der Waals surface area contributed by atoms with E-state index in [2.05, 4.69) is 15.6 Å². The maximum absolute atomic E-state index is 6.30. The van der Waals surface area contributed by atoms with E-state index in [0.717, 1.165) is 38.7 Å². The Bertz CT molecular complexity index is 1210. The molecule has 0 fully saturated rings. The third-order valence-corrected chi connectivity index (χ3v) is 5.17. The van der Waals surface area contributed by atoms with Crippen molar-refractivity contribution in [3.05, 3.63) is 77.3 Å². The minimum Gasteiger partial charge on any atom is -0.486 e. The highest BCUT2D eigenvalue weighted by Crippen LogP contribution is 2.33. The zero-order valence-corrected chi connectivity index (χ0v) is 16.8. The lowest BCUT2D eigenvalue weighted by Crippen LogP contribution is -2.15. The van der Waals surface area contributed by atoms with Crippen molar-refractivity contribution in [2.24, 2.45) is 0 Å². The molecule has 1 aliphatic rings. The fraction of sp³-hybridized carbons (Fsp3) is 0.130.